The van der Waals surface area contributed by atoms with Gasteiger partial charge in [-0.1, -0.05) is 0 Å². The van der Waals surface area contributed by atoms with Crippen molar-refractivity contribution in [3.05, 3.63) is 0 Å². The normalized spacial score (nSPS) is 24.8. The van der Waals surface area contributed by atoms with Gasteiger partial charge in [-0.15, -0.1) is 0 Å². The molecule has 2 atom stereocenters. The van der Waals surface area contributed by atoms with Crippen LogP contribution in [0.4, 0.5) is 0 Å². The van der Waals surface area contributed by atoms with Gasteiger partial charge in [-0.25, -0.2) is 0 Å². The fourth-order valence-electron chi connectivity index (χ4n) is 0.856. The van der Waals surface area contributed by atoms with Gasteiger partial charge in [-0.3, -0.25) is 4.79 Å². The molecule has 70 valence electrons. The first-order valence-electron chi connectivity index (χ1n) is 4.12. The highest BCUT2D eigenvalue weighted by atomic mass is 16.6. The maximum atomic E-state index is 11.3. The van der Waals surface area contributed by atoms with Crippen LogP contribution in [-0.2, 0) is 9.53 Å². The highest BCUT2D eigenvalue weighted by molar-refractivity contribution is 5.77. The van der Waals surface area contributed by atoms with Crippen LogP contribution in [0.1, 0.15) is 20.8 Å². The monoisotopic (exact) mass is 172 g/mol. The zero-order valence-electron chi connectivity index (χ0n) is 7.76. The van der Waals surface area contributed by atoms with Crippen molar-refractivity contribution >= 4 is 5.97 Å². The van der Waals surface area contributed by atoms with Crippen LogP contribution in [0.25, 0.3) is 0 Å². The average Bonchev–Trinajstić information content (AvgIpc) is 2.62. The second-order valence-corrected chi connectivity index (χ2v) is 4.07. The zero-order chi connectivity index (χ0) is 9.35. The Balaban J connectivity index is 2.36. The molecule has 0 saturated carbocycles. The second-order valence-electron chi connectivity index (χ2n) is 4.07. The predicted octanol–water partition coefficient (Wildman–Crippen LogP) is -0.373. The summed E-state index contributed by atoms with van der Waals surface area (Å²) in [4.78, 5) is 11.3. The molecule has 1 rings (SSSR count). The predicted molar refractivity (Wildman–Crippen MR) is 45.6 cm³/mol. The van der Waals surface area contributed by atoms with Crippen LogP contribution >= 0.6 is 0 Å². The van der Waals surface area contributed by atoms with Gasteiger partial charge in [0.1, 0.15) is 11.6 Å². The molecular formula is C8H16N2O2. The van der Waals surface area contributed by atoms with E-state index in [1.807, 2.05) is 20.8 Å². The first-order chi connectivity index (χ1) is 5.40. The minimum absolute atomic E-state index is 0.125. The third-order valence-electron chi connectivity index (χ3n) is 1.55. The number of ether oxygens (including phenoxy) is 1. The molecule has 0 radical (unpaired) electrons. The fraction of sp³-hybridized carbons (Fsp3) is 0.875. The molecule has 0 aromatic carbocycles. The van der Waals surface area contributed by atoms with Crippen LogP contribution in [0, 0.1) is 0 Å². The van der Waals surface area contributed by atoms with Gasteiger partial charge in [0.25, 0.3) is 0 Å². The van der Waals surface area contributed by atoms with Crippen molar-refractivity contribution in [3.63, 3.8) is 0 Å². The molecule has 1 fully saturated rings. The first kappa shape index (κ1) is 9.48. The van der Waals surface area contributed by atoms with E-state index >= 15 is 0 Å². The second kappa shape index (κ2) is 3.03. The Morgan fingerprint density at radius 1 is 1.67 bits per heavy atom. The number of nitrogens with two attached hydrogens (primary N) is 1. The Kier molecular flexibility index (Phi) is 2.39. The first-order valence-corrected chi connectivity index (χ1v) is 4.12. The molecule has 0 spiro atoms. The Hall–Kier alpha value is -0.610. The van der Waals surface area contributed by atoms with Crippen molar-refractivity contribution < 1.29 is 9.53 Å². The van der Waals surface area contributed by atoms with E-state index in [9.17, 15) is 4.79 Å². The largest absolute Gasteiger partial charge is 0.459 e. The molecular weight excluding hydrogens is 156 g/mol. The molecule has 0 bridgehead atoms. The number of hydrogen-bond acceptors (Lipinski definition) is 4. The van der Waals surface area contributed by atoms with Gasteiger partial charge in [-0.2, -0.15) is 0 Å². The van der Waals surface area contributed by atoms with E-state index in [0.29, 0.717) is 0 Å². The van der Waals surface area contributed by atoms with Gasteiger partial charge in [0.05, 0.1) is 0 Å². The van der Waals surface area contributed by atoms with Crippen molar-refractivity contribution in [2.45, 2.75) is 38.5 Å². The molecule has 0 amide bonds. The molecule has 1 aliphatic rings. The van der Waals surface area contributed by atoms with E-state index in [0.717, 1.165) is 6.54 Å². The summed E-state index contributed by atoms with van der Waals surface area (Å²) < 4.78 is 5.10. The number of esters is 1. The Labute approximate surface area is 72.5 Å². The lowest BCUT2D eigenvalue weighted by molar-refractivity contribution is -0.156. The SMILES string of the molecule is CC(C)(C)OC(=O)C(N)C1CN1. The summed E-state index contributed by atoms with van der Waals surface area (Å²) in [5.41, 5.74) is 5.15. The van der Waals surface area contributed by atoms with Crippen molar-refractivity contribution in [2.75, 3.05) is 6.54 Å². The summed E-state index contributed by atoms with van der Waals surface area (Å²) in [7, 11) is 0. The number of hydrogen-bond donors (Lipinski definition) is 2. The van der Waals surface area contributed by atoms with E-state index in [4.69, 9.17) is 10.5 Å². The van der Waals surface area contributed by atoms with Gasteiger partial charge in [0, 0.05) is 12.6 Å². The molecule has 0 aromatic heterocycles. The topological polar surface area (TPSA) is 74.3 Å². The molecule has 1 heterocycles. The van der Waals surface area contributed by atoms with Crippen LogP contribution < -0.4 is 11.1 Å². The van der Waals surface area contributed by atoms with E-state index in [-0.39, 0.29) is 12.0 Å². The molecule has 1 saturated heterocycles. The molecule has 0 aliphatic carbocycles. The minimum atomic E-state index is -0.510. The molecule has 4 nitrogen and oxygen atoms in total. The van der Waals surface area contributed by atoms with Gasteiger partial charge in [0.2, 0.25) is 0 Å². The highest BCUT2D eigenvalue weighted by Crippen LogP contribution is 2.11. The van der Waals surface area contributed by atoms with E-state index in [1.54, 1.807) is 0 Å². The van der Waals surface area contributed by atoms with E-state index in [2.05, 4.69) is 5.32 Å². The Morgan fingerprint density at radius 3 is 2.50 bits per heavy atom. The maximum Gasteiger partial charge on any atom is 0.325 e. The summed E-state index contributed by atoms with van der Waals surface area (Å²) in [6.07, 6.45) is 0. The summed E-state index contributed by atoms with van der Waals surface area (Å²) in [6, 6.07) is -0.385. The van der Waals surface area contributed by atoms with Crippen molar-refractivity contribution in [1.82, 2.24) is 5.32 Å². The molecule has 0 aromatic rings. The smallest absolute Gasteiger partial charge is 0.325 e. The lowest BCUT2D eigenvalue weighted by atomic mass is 10.2. The number of rotatable bonds is 2. The molecule has 1 aliphatic heterocycles. The third kappa shape index (κ3) is 2.79. The van der Waals surface area contributed by atoms with E-state index < -0.39 is 11.6 Å². The summed E-state index contributed by atoms with van der Waals surface area (Å²) in [5.74, 6) is -0.322. The standard InChI is InChI=1S/C8H16N2O2/c1-8(2,3)12-7(11)6(9)5-4-10-5/h5-6,10H,4,9H2,1-3H3. The highest BCUT2D eigenvalue weighted by Gasteiger charge is 2.35. The van der Waals surface area contributed by atoms with Gasteiger partial charge < -0.3 is 15.8 Å². The number of carbonyl (C=O) groups is 1. The number of nitrogens with one attached hydrogen (secondary N) is 1. The molecule has 2 unspecified atom stereocenters. The van der Waals surface area contributed by atoms with Gasteiger partial charge in [0.15, 0.2) is 0 Å². The van der Waals surface area contributed by atoms with Crippen molar-refractivity contribution in [3.8, 4) is 0 Å². The Bertz CT molecular complexity index is 182. The maximum absolute atomic E-state index is 11.3. The van der Waals surface area contributed by atoms with Crippen LogP contribution in [0.2, 0.25) is 0 Å². The van der Waals surface area contributed by atoms with Crippen molar-refractivity contribution in [2.24, 2.45) is 5.73 Å². The van der Waals surface area contributed by atoms with Gasteiger partial charge in [-0.05, 0) is 20.8 Å². The lowest BCUT2D eigenvalue weighted by Gasteiger charge is -2.21. The number of carbonyl (C=O) groups excluding carboxylic acids is 1. The van der Waals surface area contributed by atoms with Crippen LogP contribution in [-0.4, -0.2) is 30.2 Å². The molecule has 3 N–H and O–H groups in total. The fourth-order valence-corrected chi connectivity index (χ4v) is 0.856. The molecule has 12 heavy (non-hydrogen) atoms. The quantitative estimate of drug-likeness (QED) is 0.440. The molecule has 4 heteroatoms. The average molecular weight is 172 g/mol. The minimum Gasteiger partial charge on any atom is -0.459 e. The van der Waals surface area contributed by atoms with Gasteiger partial charge >= 0.3 is 5.97 Å². The summed E-state index contributed by atoms with van der Waals surface area (Å²) in [5, 5.41) is 2.97. The third-order valence-corrected chi connectivity index (χ3v) is 1.55. The van der Waals surface area contributed by atoms with Crippen LogP contribution in [0.5, 0.6) is 0 Å². The van der Waals surface area contributed by atoms with Crippen LogP contribution in [0.15, 0.2) is 0 Å². The lowest BCUT2D eigenvalue weighted by Crippen LogP contribution is -2.41. The Morgan fingerprint density at radius 2 is 2.17 bits per heavy atom. The van der Waals surface area contributed by atoms with Crippen LogP contribution in [0.3, 0.4) is 0 Å². The van der Waals surface area contributed by atoms with Crippen molar-refractivity contribution in [1.29, 1.82) is 0 Å². The summed E-state index contributed by atoms with van der Waals surface area (Å²) >= 11 is 0. The zero-order valence-corrected chi connectivity index (χ0v) is 7.76. The van der Waals surface area contributed by atoms with E-state index in [1.165, 1.54) is 0 Å². The summed E-state index contributed by atoms with van der Waals surface area (Å²) in [6.45, 7) is 6.31.